The molecule has 0 atom stereocenters. The topological polar surface area (TPSA) is 88.3 Å². The SMILES string of the molecule is O=[N+]([O-])c1ccc2nc(Nc3cccc(O)c3)sc2c1. The standard InChI is InChI=1S/C13H9N3O3S/c17-10-3-1-2-8(6-10)14-13-15-11-5-4-9(16(18)19)7-12(11)20-13/h1-7,17H,(H,14,15). The number of aromatic hydroxyl groups is 1. The third kappa shape index (κ3) is 2.39. The molecule has 20 heavy (non-hydrogen) atoms. The summed E-state index contributed by atoms with van der Waals surface area (Å²) in [5.74, 6) is 0.159. The molecule has 0 aliphatic heterocycles. The number of thiazole rings is 1. The molecular formula is C13H9N3O3S. The molecular weight excluding hydrogens is 278 g/mol. The molecule has 0 amide bonds. The molecule has 2 aromatic carbocycles. The van der Waals surface area contributed by atoms with Gasteiger partial charge in [0.25, 0.3) is 5.69 Å². The summed E-state index contributed by atoms with van der Waals surface area (Å²) in [6.45, 7) is 0. The zero-order chi connectivity index (χ0) is 14.1. The Balaban J connectivity index is 1.95. The second kappa shape index (κ2) is 4.78. The largest absolute Gasteiger partial charge is 0.508 e. The van der Waals surface area contributed by atoms with Crippen molar-refractivity contribution in [3.05, 3.63) is 52.6 Å². The summed E-state index contributed by atoms with van der Waals surface area (Å²) in [6.07, 6.45) is 0. The number of phenolic OH excluding ortho intramolecular Hbond substituents is 1. The summed E-state index contributed by atoms with van der Waals surface area (Å²) in [5.41, 5.74) is 1.45. The molecule has 0 saturated heterocycles. The van der Waals surface area contributed by atoms with Crippen LogP contribution in [-0.4, -0.2) is 15.0 Å². The third-order valence-electron chi connectivity index (χ3n) is 2.68. The van der Waals surface area contributed by atoms with Gasteiger partial charge in [-0.25, -0.2) is 4.98 Å². The Morgan fingerprint density at radius 2 is 2.10 bits per heavy atom. The van der Waals surface area contributed by atoms with Crippen molar-refractivity contribution in [2.75, 3.05) is 5.32 Å². The molecule has 3 aromatic rings. The quantitative estimate of drug-likeness (QED) is 0.567. The van der Waals surface area contributed by atoms with Crippen molar-refractivity contribution in [3.8, 4) is 5.75 Å². The van der Waals surface area contributed by atoms with Crippen molar-refractivity contribution in [1.29, 1.82) is 0 Å². The lowest BCUT2D eigenvalue weighted by Crippen LogP contribution is -1.88. The van der Waals surface area contributed by atoms with Crippen molar-refractivity contribution < 1.29 is 10.0 Å². The first kappa shape index (κ1) is 12.4. The minimum atomic E-state index is -0.429. The van der Waals surface area contributed by atoms with Crippen molar-refractivity contribution in [3.63, 3.8) is 0 Å². The van der Waals surface area contributed by atoms with Crippen LogP contribution in [0.2, 0.25) is 0 Å². The highest BCUT2D eigenvalue weighted by atomic mass is 32.1. The maximum atomic E-state index is 10.7. The van der Waals surface area contributed by atoms with Gasteiger partial charge in [0.1, 0.15) is 5.75 Å². The second-order valence-corrected chi connectivity index (χ2v) is 5.13. The monoisotopic (exact) mass is 287 g/mol. The van der Waals surface area contributed by atoms with Crippen molar-refractivity contribution >= 4 is 38.1 Å². The molecule has 0 saturated carbocycles. The first-order chi connectivity index (χ1) is 9.61. The van der Waals surface area contributed by atoms with Crippen LogP contribution in [-0.2, 0) is 0 Å². The lowest BCUT2D eigenvalue weighted by atomic mass is 10.3. The number of nitro groups is 1. The number of nitrogens with one attached hydrogen (secondary N) is 1. The maximum absolute atomic E-state index is 10.7. The molecule has 0 aliphatic rings. The number of hydrogen-bond donors (Lipinski definition) is 2. The Morgan fingerprint density at radius 3 is 2.85 bits per heavy atom. The highest BCUT2D eigenvalue weighted by molar-refractivity contribution is 7.22. The number of hydrogen-bond acceptors (Lipinski definition) is 6. The van der Waals surface area contributed by atoms with E-state index in [1.807, 2.05) is 0 Å². The molecule has 0 spiro atoms. The molecule has 0 aliphatic carbocycles. The van der Waals surface area contributed by atoms with Gasteiger partial charge in [0.05, 0.1) is 15.1 Å². The summed E-state index contributed by atoms with van der Waals surface area (Å²) < 4.78 is 0.738. The van der Waals surface area contributed by atoms with E-state index in [1.54, 1.807) is 30.3 Å². The average molecular weight is 287 g/mol. The Hall–Kier alpha value is -2.67. The second-order valence-electron chi connectivity index (χ2n) is 4.10. The number of non-ortho nitro benzene ring substituents is 1. The zero-order valence-corrected chi connectivity index (χ0v) is 10.9. The van der Waals surface area contributed by atoms with Gasteiger partial charge >= 0.3 is 0 Å². The van der Waals surface area contributed by atoms with E-state index in [4.69, 9.17) is 0 Å². The van der Waals surface area contributed by atoms with Gasteiger partial charge in [0, 0.05) is 23.9 Å². The summed E-state index contributed by atoms with van der Waals surface area (Å²) in [6, 6.07) is 11.2. The minimum Gasteiger partial charge on any atom is -0.508 e. The molecule has 0 bridgehead atoms. The molecule has 6 nitrogen and oxygen atoms in total. The number of fused-ring (bicyclic) bond motifs is 1. The van der Waals surface area contributed by atoms with Crippen molar-refractivity contribution in [2.24, 2.45) is 0 Å². The average Bonchev–Trinajstić information content (AvgIpc) is 2.79. The lowest BCUT2D eigenvalue weighted by molar-refractivity contribution is -0.384. The van der Waals surface area contributed by atoms with Crippen LogP contribution < -0.4 is 5.32 Å². The van der Waals surface area contributed by atoms with Crippen LogP contribution >= 0.6 is 11.3 Å². The lowest BCUT2D eigenvalue weighted by Gasteiger charge is -2.01. The van der Waals surface area contributed by atoms with Crippen LogP contribution in [0.1, 0.15) is 0 Å². The number of aromatic nitrogens is 1. The van der Waals surface area contributed by atoms with E-state index in [0.717, 1.165) is 4.70 Å². The molecule has 0 fully saturated rings. The van der Waals surface area contributed by atoms with E-state index in [-0.39, 0.29) is 11.4 Å². The molecule has 3 rings (SSSR count). The van der Waals surface area contributed by atoms with Gasteiger partial charge in [-0.1, -0.05) is 17.4 Å². The molecule has 1 aromatic heterocycles. The Morgan fingerprint density at radius 1 is 1.25 bits per heavy atom. The van der Waals surface area contributed by atoms with E-state index in [2.05, 4.69) is 10.3 Å². The Labute approximate surface area is 117 Å². The Kier molecular flexibility index (Phi) is 2.96. The fourth-order valence-corrected chi connectivity index (χ4v) is 2.71. The van der Waals surface area contributed by atoms with E-state index in [0.29, 0.717) is 16.3 Å². The Bertz CT molecular complexity index is 800. The van der Waals surface area contributed by atoms with Crippen molar-refractivity contribution in [1.82, 2.24) is 4.98 Å². The fourth-order valence-electron chi connectivity index (χ4n) is 1.79. The number of phenols is 1. The fraction of sp³-hybridized carbons (Fsp3) is 0. The first-order valence-corrected chi connectivity index (χ1v) is 6.54. The molecule has 1 heterocycles. The van der Waals surface area contributed by atoms with E-state index < -0.39 is 4.92 Å². The van der Waals surface area contributed by atoms with Crippen LogP contribution in [0.4, 0.5) is 16.5 Å². The van der Waals surface area contributed by atoms with Gasteiger partial charge in [-0.3, -0.25) is 10.1 Å². The van der Waals surface area contributed by atoms with Gasteiger partial charge in [-0.15, -0.1) is 0 Å². The minimum absolute atomic E-state index is 0.0463. The summed E-state index contributed by atoms with van der Waals surface area (Å²) in [5, 5.41) is 23.8. The number of rotatable bonds is 3. The number of nitrogens with zero attached hydrogens (tertiary/aromatic N) is 2. The highest BCUT2D eigenvalue weighted by Gasteiger charge is 2.10. The van der Waals surface area contributed by atoms with Gasteiger partial charge < -0.3 is 10.4 Å². The maximum Gasteiger partial charge on any atom is 0.270 e. The van der Waals surface area contributed by atoms with Crippen molar-refractivity contribution in [2.45, 2.75) is 0 Å². The smallest absolute Gasteiger partial charge is 0.270 e. The van der Waals surface area contributed by atoms with Gasteiger partial charge in [-0.05, 0) is 18.2 Å². The predicted molar refractivity (Wildman–Crippen MR) is 77.7 cm³/mol. The zero-order valence-electron chi connectivity index (χ0n) is 10.1. The van der Waals surface area contributed by atoms with Crippen LogP contribution in [0.3, 0.4) is 0 Å². The van der Waals surface area contributed by atoms with Gasteiger partial charge in [0.15, 0.2) is 5.13 Å². The normalized spacial score (nSPS) is 10.6. The molecule has 2 N–H and O–H groups in total. The van der Waals surface area contributed by atoms with Crippen LogP contribution in [0.15, 0.2) is 42.5 Å². The predicted octanol–water partition coefficient (Wildman–Crippen LogP) is 3.65. The highest BCUT2D eigenvalue weighted by Crippen LogP contribution is 2.31. The number of anilines is 2. The van der Waals surface area contributed by atoms with Crippen LogP contribution in [0.5, 0.6) is 5.75 Å². The van der Waals surface area contributed by atoms with Crippen LogP contribution in [0, 0.1) is 10.1 Å². The molecule has 0 radical (unpaired) electrons. The summed E-state index contributed by atoms with van der Waals surface area (Å²) in [4.78, 5) is 14.6. The van der Waals surface area contributed by atoms with Gasteiger partial charge in [-0.2, -0.15) is 0 Å². The van der Waals surface area contributed by atoms with Gasteiger partial charge in [0.2, 0.25) is 0 Å². The van der Waals surface area contributed by atoms with E-state index >= 15 is 0 Å². The number of nitro benzene ring substituents is 1. The third-order valence-corrected chi connectivity index (χ3v) is 3.61. The van der Waals surface area contributed by atoms with Crippen LogP contribution in [0.25, 0.3) is 10.2 Å². The number of benzene rings is 2. The molecule has 0 unspecified atom stereocenters. The van der Waals surface area contributed by atoms with E-state index in [1.165, 1.54) is 23.5 Å². The van der Waals surface area contributed by atoms with E-state index in [9.17, 15) is 15.2 Å². The molecule has 7 heteroatoms. The first-order valence-electron chi connectivity index (χ1n) is 5.73. The summed E-state index contributed by atoms with van der Waals surface area (Å²) >= 11 is 1.32. The molecule has 100 valence electrons. The summed E-state index contributed by atoms with van der Waals surface area (Å²) in [7, 11) is 0.